The number of nitrogens with zero attached hydrogens (tertiary/aromatic N) is 2. The number of hydrogen-bond donors (Lipinski definition) is 1. The van der Waals surface area contributed by atoms with Crippen LogP contribution in [0.2, 0.25) is 0 Å². The first kappa shape index (κ1) is 23.4. The van der Waals surface area contributed by atoms with Crippen molar-refractivity contribution < 1.29 is 18.4 Å². The number of amides is 3. The first-order valence-corrected chi connectivity index (χ1v) is 11.4. The lowest BCUT2D eigenvalue weighted by Gasteiger charge is -2.35. The summed E-state index contributed by atoms with van der Waals surface area (Å²) in [6.07, 6.45) is 1.38. The van der Waals surface area contributed by atoms with Gasteiger partial charge >= 0.3 is 6.03 Å². The van der Waals surface area contributed by atoms with Crippen molar-refractivity contribution in [3.63, 3.8) is 0 Å². The molecule has 0 spiro atoms. The summed E-state index contributed by atoms with van der Waals surface area (Å²) in [7, 11) is 0. The second-order valence-electron chi connectivity index (χ2n) is 8.35. The summed E-state index contributed by atoms with van der Waals surface area (Å²) < 4.78 is 27.6. The average Bonchev–Trinajstić information content (AvgIpc) is 2.84. The largest absolute Gasteiger partial charge is 0.326 e. The molecule has 3 aromatic rings. The molecule has 4 rings (SSSR count). The van der Waals surface area contributed by atoms with Crippen LogP contribution < -0.4 is 10.2 Å². The Morgan fingerprint density at radius 2 is 1.74 bits per heavy atom. The summed E-state index contributed by atoms with van der Waals surface area (Å²) in [6, 6.07) is 19.7. The zero-order chi connectivity index (χ0) is 24.1. The smallest absolute Gasteiger partial charge is 0.324 e. The monoisotopic (exact) mass is 463 g/mol. The first-order chi connectivity index (χ1) is 16.5. The Hall–Kier alpha value is -3.74. The van der Waals surface area contributed by atoms with Gasteiger partial charge in [0.25, 0.3) is 0 Å². The summed E-state index contributed by atoms with van der Waals surface area (Å²) in [5.74, 6) is -1.40. The van der Waals surface area contributed by atoms with Gasteiger partial charge in [-0.25, -0.2) is 13.6 Å². The summed E-state index contributed by atoms with van der Waals surface area (Å²) >= 11 is 0. The van der Waals surface area contributed by atoms with E-state index in [9.17, 15) is 18.4 Å². The van der Waals surface area contributed by atoms with Gasteiger partial charge in [0.15, 0.2) is 0 Å². The standard InChI is InChI=1S/C27H27F2N3O2/c1-2-24(19-7-4-3-5-8-19)26(33)30-22-10-12-23(13-11-22)32-16-6-15-31(27(32)34)18-20-17-21(28)9-14-25(20)29/h3-5,7-14,17,24H,2,6,15-16,18H2,1H3,(H,30,33). The van der Waals surface area contributed by atoms with Gasteiger partial charge in [0, 0.05) is 30.0 Å². The summed E-state index contributed by atoms with van der Waals surface area (Å²) in [5.41, 5.74) is 2.44. The molecule has 1 saturated heterocycles. The lowest BCUT2D eigenvalue weighted by Crippen LogP contribution is -2.49. The lowest BCUT2D eigenvalue weighted by molar-refractivity contribution is -0.117. The quantitative estimate of drug-likeness (QED) is 0.472. The van der Waals surface area contributed by atoms with Gasteiger partial charge in [0.05, 0.1) is 12.5 Å². The van der Waals surface area contributed by atoms with Crippen molar-refractivity contribution in [1.29, 1.82) is 0 Å². The van der Waals surface area contributed by atoms with Crippen LogP contribution in [0.15, 0.2) is 72.8 Å². The second kappa shape index (κ2) is 10.5. The Bertz CT molecular complexity index is 1150. The van der Waals surface area contributed by atoms with E-state index in [0.29, 0.717) is 37.3 Å². The topological polar surface area (TPSA) is 52.7 Å². The fourth-order valence-electron chi connectivity index (χ4n) is 4.25. The van der Waals surface area contributed by atoms with Gasteiger partial charge in [-0.15, -0.1) is 0 Å². The van der Waals surface area contributed by atoms with Crippen molar-refractivity contribution in [2.24, 2.45) is 0 Å². The molecule has 7 heteroatoms. The van der Waals surface area contributed by atoms with E-state index in [0.717, 1.165) is 23.8 Å². The van der Waals surface area contributed by atoms with Crippen molar-refractivity contribution in [2.45, 2.75) is 32.2 Å². The fraction of sp³-hybridized carbons (Fsp3) is 0.259. The van der Waals surface area contributed by atoms with Gasteiger partial charge in [0.2, 0.25) is 5.91 Å². The number of carbonyl (C=O) groups is 2. The molecule has 0 saturated carbocycles. The van der Waals surface area contributed by atoms with E-state index in [1.54, 1.807) is 29.2 Å². The van der Waals surface area contributed by atoms with Crippen molar-refractivity contribution in [2.75, 3.05) is 23.3 Å². The number of halogens is 2. The van der Waals surface area contributed by atoms with Gasteiger partial charge < -0.3 is 10.2 Å². The highest BCUT2D eigenvalue weighted by Crippen LogP contribution is 2.26. The highest BCUT2D eigenvalue weighted by Gasteiger charge is 2.27. The lowest BCUT2D eigenvalue weighted by atomic mass is 9.95. The molecule has 1 heterocycles. The predicted molar refractivity (Wildman–Crippen MR) is 129 cm³/mol. The number of rotatable bonds is 7. The minimum absolute atomic E-state index is 0.00492. The molecule has 0 bridgehead atoms. The summed E-state index contributed by atoms with van der Waals surface area (Å²) in [6.45, 7) is 2.98. The highest BCUT2D eigenvalue weighted by atomic mass is 19.1. The van der Waals surface area contributed by atoms with E-state index >= 15 is 0 Å². The maximum absolute atomic E-state index is 14.1. The first-order valence-electron chi connectivity index (χ1n) is 11.4. The molecular formula is C27H27F2N3O2. The van der Waals surface area contributed by atoms with Gasteiger partial charge in [-0.05, 0) is 60.9 Å². The van der Waals surface area contributed by atoms with E-state index in [1.807, 2.05) is 37.3 Å². The number of urea groups is 1. The Balaban J connectivity index is 1.43. The summed E-state index contributed by atoms with van der Waals surface area (Å²) in [5, 5.41) is 2.96. The van der Waals surface area contributed by atoms with Gasteiger partial charge in [0.1, 0.15) is 11.6 Å². The molecule has 1 N–H and O–H groups in total. The van der Waals surface area contributed by atoms with Crippen LogP contribution in [0.3, 0.4) is 0 Å². The second-order valence-corrected chi connectivity index (χ2v) is 8.35. The highest BCUT2D eigenvalue weighted by molar-refractivity contribution is 5.97. The number of hydrogen-bond acceptors (Lipinski definition) is 2. The van der Waals surface area contributed by atoms with Gasteiger partial charge in [-0.3, -0.25) is 9.69 Å². The molecule has 0 aromatic heterocycles. The van der Waals surface area contributed by atoms with E-state index in [-0.39, 0.29) is 30.0 Å². The van der Waals surface area contributed by atoms with Gasteiger partial charge in [-0.2, -0.15) is 0 Å². The van der Waals surface area contributed by atoms with E-state index in [1.165, 1.54) is 4.90 Å². The maximum atomic E-state index is 14.1. The summed E-state index contributed by atoms with van der Waals surface area (Å²) in [4.78, 5) is 29.0. The fourth-order valence-corrected chi connectivity index (χ4v) is 4.25. The molecular weight excluding hydrogens is 436 g/mol. The number of nitrogens with one attached hydrogen (secondary N) is 1. The molecule has 1 atom stereocenters. The van der Waals surface area contributed by atoms with E-state index in [4.69, 9.17) is 0 Å². The minimum atomic E-state index is -0.535. The van der Waals surface area contributed by atoms with Crippen LogP contribution in [0.5, 0.6) is 0 Å². The molecule has 3 aromatic carbocycles. The zero-order valence-corrected chi connectivity index (χ0v) is 19.0. The molecule has 176 valence electrons. The van der Waals surface area contributed by atoms with Crippen LogP contribution in [0.25, 0.3) is 0 Å². The third kappa shape index (κ3) is 5.25. The zero-order valence-electron chi connectivity index (χ0n) is 19.0. The van der Waals surface area contributed by atoms with Crippen molar-refractivity contribution in [3.8, 4) is 0 Å². The van der Waals surface area contributed by atoms with Crippen LogP contribution in [0.4, 0.5) is 25.0 Å². The van der Waals surface area contributed by atoms with Crippen molar-refractivity contribution >= 4 is 23.3 Å². The van der Waals surface area contributed by atoms with E-state index in [2.05, 4.69) is 5.32 Å². The Morgan fingerprint density at radius 1 is 1.00 bits per heavy atom. The number of benzene rings is 3. The van der Waals surface area contributed by atoms with Crippen LogP contribution in [0.1, 0.15) is 36.8 Å². The van der Waals surface area contributed by atoms with Crippen LogP contribution in [-0.2, 0) is 11.3 Å². The predicted octanol–water partition coefficient (Wildman–Crippen LogP) is 5.93. The molecule has 1 unspecified atom stereocenters. The maximum Gasteiger partial charge on any atom is 0.324 e. The van der Waals surface area contributed by atoms with Crippen molar-refractivity contribution in [3.05, 3.63) is 95.6 Å². The Kier molecular flexibility index (Phi) is 7.21. The molecule has 5 nitrogen and oxygen atoms in total. The van der Waals surface area contributed by atoms with Crippen LogP contribution in [-0.4, -0.2) is 29.9 Å². The minimum Gasteiger partial charge on any atom is -0.326 e. The molecule has 0 aliphatic carbocycles. The third-order valence-electron chi connectivity index (χ3n) is 6.05. The van der Waals surface area contributed by atoms with Crippen LogP contribution in [0, 0.1) is 11.6 Å². The normalized spacial score (nSPS) is 14.7. The molecule has 1 fully saturated rings. The Labute approximate surface area is 198 Å². The van der Waals surface area contributed by atoms with E-state index < -0.39 is 11.6 Å². The number of anilines is 2. The Morgan fingerprint density at radius 3 is 2.44 bits per heavy atom. The molecule has 3 amide bonds. The van der Waals surface area contributed by atoms with Crippen molar-refractivity contribution in [1.82, 2.24) is 4.90 Å². The molecule has 1 aliphatic heterocycles. The SMILES string of the molecule is CCC(C(=O)Nc1ccc(N2CCCN(Cc3cc(F)ccc3F)C2=O)cc1)c1ccccc1. The molecule has 34 heavy (non-hydrogen) atoms. The van der Waals surface area contributed by atoms with Crippen LogP contribution >= 0.6 is 0 Å². The number of carbonyl (C=O) groups excluding carboxylic acids is 2. The third-order valence-corrected chi connectivity index (χ3v) is 6.05. The molecule has 1 aliphatic rings. The average molecular weight is 464 g/mol. The van der Waals surface area contributed by atoms with Gasteiger partial charge in [-0.1, -0.05) is 37.3 Å². The molecule has 0 radical (unpaired) electrons.